The summed E-state index contributed by atoms with van der Waals surface area (Å²) in [4.78, 5) is 9.42. The Balaban J connectivity index is 2.09. The van der Waals surface area contributed by atoms with E-state index < -0.39 is 0 Å². The van der Waals surface area contributed by atoms with E-state index in [0.29, 0.717) is 5.25 Å². The lowest BCUT2D eigenvalue weighted by atomic mass is 11.0. The minimum Gasteiger partial charge on any atom is -0.210 e. The van der Waals surface area contributed by atoms with Gasteiger partial charge in [0.15, 0.2) is 0 Å². The standard InChI is InChI=1S/C4H5NOS/c6-3-5-7-4-1-2-4/h4H,1-2H2. The molecule has 0 radical (unpaired) electrons. The van der Waals surface area contributed by atoms with E-state index >= 15 is 0 Å². The summed E-state index contributed by atoms with van der Waals surface area (Å²) in [5, 5.41) is 0.640. The molecule has 1 fully saturated rings. The maximum Gasteiger partial charge on any atom is 0.247 e. The highest BCUT2D eigenvalue weighted by Crippen LogP contribution is 2.33. The van der Waals surface area contributed by atoms with Gasteiger partial charge in [-0.25, -0.2) is 4.79 Å². The minimum absolute atomic E-state index is 0.640. The summed E-state index contributed by atoms with van der Waals surface area (Å²) >= 11 is 1.34. The van der Waals surface area contributed by atoms with E-state index in [-0.39, 0.29) is 0 Å². The Morgan fingerprint density at radius 2 is 2.43 bits per heavy atom. The second-order valence-corrected chi connectivity index (χ2v) is 2.55. The molecule has 0 amide bonds. The number of carbonyl (C=O) groups excluding carboxylic acids is 1. The van der Waals surface area contributed by atoms with Crippen molar-refractivity contribution < 1.29 is 4.79 Å². The van der Waals surface area contributed by atoms with Gasteiger partial charge < -0.3 is 0 Å². The van der Waals surface area contributed by atoms with Crippen LogP contribution in [0.4, 0.5) is 0 Å². The quantitative estimate of drug-likeness (QED) is 0.307. The molecule has 1 aliphatic rings. The van der Waals surface area contributed by atoms with Crippen molar-refractivity contribution in [3.8, 4) is 0 Å². The molecule has 0 aromatic carbocycles. The highest BCUT2D eigenvalue weighted by atomic mass is 32.2. The molecule has 1 rings (SSSR count). The second-order valence-electron chi connectivity index (χ2n) is 1.49. The average molecular weight is 115 g/mol. The van der Waals surface area contributed by atoms with Crippen LogP contribution in [0.25, 0.3) is 0 Å². The first kappa shape index (κ1) is 4.88. The maximum absolute atomic E-state index is 9.42. The zero-order chi connectivity index (χ0) is 5.11. The summed E-state index contributed by atoms with van der Waals surface area (Å²) in [5.41, 5.74) is 0. The molecule has 3 heteroatoms. The SMILES string of the molecule is O=C=NSC1CC1. The van der Waals surface area contributed by atoms with Gasteiger partial charge in [-0.15, -0.1) is 4.40 Å². The molecule has 0 aromatic rings. The largest absolute Gasteiger partial charge is 0.247 e. The van der Waals surface area contributed by atoms with Gasteiger partial charge in [-0.05, 0) is 24.8 Å². The molecule has 7 heavy (non-hydrogen) atoms. The van der Waals surface area contributed by atoms with Gasteiger partial charge >= 0.3 is 0 Å². The van der Waals surface area contributed by atoms with Crippen LogP contribution in [-0.4, -0.2) is 11.3 Å². The lowest BCUT2D eigenvalue weighted by molar-refractivity contribution is 0.566. The Bertz CT molecular complexity index is 104. The van der Waals surface area contributed by atoms with E-state index in [1.54, 1.807) is 0 Å². The summed E-state index contributed by atoms with van der Waals surface area (Å²) in [6.07, 6.45) is 3.91. The molecule has 0 atom stereocenters. The lowest BCUT2D eigenvalue weighted by Gasteiger charge is -1.74. The van der Waals surface area contributed by atoms with Crippen LogP contribution in [0.15, 0.2) is 4.40 Å². The second kappa shape index (κ2) is 2.15. The monoisotopic (exact) mass is 115 g/mol. The van der Waals surface area contributed by atoms with E-state index in [2.05, 4.69) is 4.40 Å². The number of nitrogens with zero attached hydrogens (tertiary/aromatic N) is 1. The molecule has 1 aliphatic carbocycles. The van der Waals surface area contributed by atoms with Gasteiger partial charge in [0.25, 0.3) is 0 Å². The van der Waals surface area contributed by atoms with Gasteiger partial charge in [0.05, 0.1) is 0 Å². The van der Waals surface area contributed by atoms with Crippen molar-refractivity contribution in [1.29, 1.82) is 0 Å². The highest BCUT2D eigenvalue weighted by molar-refractivity contribution is 7.99. The molecule has 0 spiro atoms. The molecule has 0 bridgehead atoms. The van der Waals surface area contributed by atoms with Crippen molar-refractivity contribution in [3.63, 3.8) is 0 Å². The molecule has 0 heterocycles. The van der Waals surface area contributed by atoms with Crippen molar-refractivity contribution in [2.75, 3.05) is 0 Å². The predicted octanol–water partition coefficient (Wildman–Crippen LogP) is 1.13. The van der Waals surface area contributed by atoms with Gasteiger partial charge in [-0.2, -0.15) is 0 Å². The van der Waals surface area contributed by atoms with E-state index in [0.717, 1.165) is 0 Å². The van der Waals surface area contributed by atoms with E-state index in [4.69, 9.17) is 0 Å². The van der Waals surface area contributed by atoms with Crippen molar-refractivity contribution in [2.45, 2.75) is 18.1 Å². The number of rotatable bonds is 2. The normalized spacial score (nSPS) is 18.3. The highest BCUT2D eigenvalue weighted by Gasteiger charge is 2.21. The third-order valence-electron chi connectivity index (χ3n) is 0.763. The molecule has 2 nitrogen and oxygen atoms in total. The fraction of sp³-hybridized carbons (Fsp3) is 0.750. The molecule has 0 aliphatic heterocycles. The molecule has 0 saturated heterocycles. The minimum atomic E-state index is 0.640. The fourth-order valence-corrected chi connectivity index (χ4v) is 0.809. The molecular formula is C4H5NOS. The Hall–Kier alpha value is -0.270. The number of hydrogen-bond donors (Lipinski definition) is 0. The van der Waals surface area contributed by atoms with Crippen LogP contribution in [0.1, 0.15) is 12.8 Å². The molecule has 1 saturated carbocycles. The first-order valence-electron chi connectivity index (χ1n) is 2.16. The summed E-state index contributed by atoms with van der Waals surface area (Å²) < 4.78 is 3.34. The van der Waals surface area contributed by atoms with Gasteiger partial charge in [-0.3, -0.25) is 0 Å². The summed E-state index contributed by atoms with van der Waals surface area (Å²) in [6, 6.07) is 0. The maximum atomic E-state index is 9.42. The van der Waals surface area contributed by atoms with Crippen LogP contribution >= 0.6 is 11.9 Å². The first-order chi connectivity index (χ1) is 3.43. The van der Waals surface area contributed by atoms with E-state index in [1.165, 1.54) is 30.9 Å². The Labute approximate surface area is 46.1 Å². The van der Waals surface area contributed by atoms with Gasteiger partial charge in [0, 0.05) is 5.25 Å². The van der Waals surface area contributed by atoms with Crippen molar-refractivity contribution in [3.05, 3.63) is 0 Å². The fourth-order valence-electron chi connectivity index (χ4n) is 0.270. The number of isocyanates is 1. The molecule has 38 valence electrons. The van der Waals surface area contributed by atoms with Gasteiger partial charge in [-0.1, -0.05) is 0 Å². The topological polar surface area (TPSA) is 29.4 Å². The van der Waals surface area contributed by atoms with Gasteiger partial charge in [0.2, 0.25) is 6.08 Å². The van der Waals surface area contributed by atoms with Crippen LogP contribution in [0.2, 0.25) is 0 Å². The molecule has 0 N–H and O–H groups in total. The smallest absolute Gasteiger partial charge is 0.210 e. The number of hydrogen-bond acceptors (Lipinski definition) is 3. The summed E-state index contributed by atoms with van der Waals surface area (Å²) in [6.45, 7) is 0. The molecule has 0 aromatic heterocycles. The third-order valence-corrected chi connectivity index (χ3v) is 1.71. The van der Waals surface area contributed by atoms with Crippen LogP contribution in [0, 0.1) is 0 Å². The lowest BCUT2D eigenvalue weighted by Crippen LogP contribution is -1.61. The molecule has 0 unspecified atom stereocenters. The molecular weight excluding hydrogens is 110 g/mol. The van der Waals surface area contributed by atoms with Crippen LogP contribution in [0.3, 0.4) is 0 Å². The van der Waals surface area contributed by atoms with Gasteiger partial charge in [0.1, 0.15) is 0 Å². The zero-order valence-electron chi connectivity index (χ0n) is 3.76. The third kappa shape index (κ3) is 1.76. The Morgan fingerprint density at radius 1 is 1.71 bits per heavy atom. The van der Waals surface area contributed by atoms with Crippen LogP contribution in [-0.2, 0) is 4.79 Å². The van der Waals surface area contributed by atoms with Crippen molar-refractivity contribution >= 4 is 18.0 Å². The average Bonchev–Trinajstić information content (AvgIpc) is 2.42. The Kier molecular flexibility index (Phi) is 1.50. The van der Waals surface area contributed by atoms with Crippen molar-refractivity contribution in [2.24, 2.45) is 4.40 Å². The van der Waals surface area contributed by atoms with Crippen LogP contribution < -0.4 is 0 Å². The Morgan fingerprint density at radius 3 is 2.86 bits per heavy atom. The van der Waals surface area contributed by atoms with Crippen molar-refractivity contribution in [1.82, 2.24) is 0 Å². The summed E-state index contributed by atoms with van der Waals surface area (Å²) in [7, 11) is 0. The predicted molar refractivity (Wildman–Crippen MR) is 28.7 cm³/mol. The van der Waals surface area contributed by atoms with E-state index in [9.17, 15) is 4.79 Å². The van der Waals surface area contributed by atoms with E-state index in [1.807, 2.05) is 0 Å². The first-order valence-corrected chi connectivity index (χ1v) is 3.00. The summed E-state index contributed by atoms with van der Waals surface area (Å²) in [5.74, 6) is 0. The van der Waals surface area contributed by atoms with Crippen LogP contribution in [0.5, 0.6) is 0 Å². The zero-order valence-corrected chi connectivity index (χ0v) is 4.57.